The highest BCUT2D eigenvalue weighted by Crippen LogP contribution is 2.31. The second-order valence-electron chi connectivity index (χ2n) is 6.70. The summed E-state index contributed by atoms with van der Waals surface area (Å²) in [4.78, 5) is 32.3. The Bertz CT molecular complexity index is 881. The molecule has 1 aliphatic carbocycles. The Morgan fingerprint density at radius 1 is 1.21 bits per heavy atom. The van der Waals surface area contributed by atoms with Crippen LogP contribution in [0.15, 0.2) is 36.5 Å². The average molecular weight is 392 g/mol. The average Bonchev–Trinajstić information content (AvgIpc) is 2.59. The molecule has 2 aromatic rings. The Hall–Kier alpha value is -2.97. The maximum Gasteiger partial charge on any atom is 0.416 e. The molecule has 2 amide bonds. The highest BCUT2D eigenvalue weighted by Gasteiger charge is 2.31. The van der Waals surface area contributed by atoms with Crippen molar-refractivity contribution in [2.45, 2.75) is 38.4 Å². The maximum atomic E-state index is 12.9. The molecule has 0 aliphatic heterocycles. The van der Waals surface area contributed by atoms with Gasteiger partial charge in [0.2, 0.25) is 11.9 Å². The number of hydrogen-bond donors (Lipinski definition) is 2. The summed E-state index contributed by atoms with van der Waals surface area (Å²) in [7, 11) is 0. The van der Waals surface area contributed by atoms with Crippen molar-refractivity contribution in [3.63, 3.8) is 0 Å². The summed E-state index contributed by atoms with van der Waals surface area (Å²) in [5.74, 6) is -0.786. The molecule has 1 unspecified atom stereocenters. The number of nitrogens with zero attached hydrogens (tertiary/aromatic N) is 2. The van der Waals surface area contributed by atoms with E-state index in [-0.39, 0.29) is 23.5 Å². The highest BCUT2D eigenvalue weighted by atomic mass is 19.4. The summed E-state index contributed by atoms with van der Waals surface area (Å²) in [6, 6.07) is 5.46. The SMILES string of the molecule is CC(NC(=O)c1ccnc(NC(=O)C2CCC2)n1)c1cccc(C(F)(F)F)c1. The molecule has 0 saturated heterocycles. The number of alkyl halides is 3. The molecule has 3 rings (SSSR count). The molecular weight excluding hydrogens is 373 g/mol. The number of amides is 2. The minimum Gasteiger partial charge on any atom is -0.344 e. The van der Waals surface area contributed by atoms with Gasteiger partial charge in [0.1, 0.15) is 5.69 Å². The van der Waals surface area contributed by atoms with Crippen LogP contribution < -0.4 is 10.6 Å². The van der Waals surface area contributed by atoms with Gasteiger partial charge >= 0.3 is 6.18 Å². The Kier molecular flexibility index (Phi) is 5.62. The fourth-order valence-electron chi connectivity index (χ4n) is 2.77. The molecule has 9 heteroatoms. The fraction of sp³-hybridized carbons (Fsp3) is 0.368. The van der Waals surface area contributed by atoms with Crippen LogP contribution >= 0.6 is 0 Å². The van der Waals surface area contributed by atoms with Gasteiger partial charge in [0, 0.05) is 12.1 Å². The number of carbonyl (C=O) groups excluding carboxylic acids is 2. The molecule has 1 saturated carbocycles. The first-order valence-corrected chi connectivity index (χ1v) is 8.86. The third-order valence-corrected chi connectivity index (χ3v) is 4.66. The van der Waals surface area contributed by atoms with Crippen molar-refractivity contribution in [2.75, 3.05) is 5.32 Å². The Morgan fingerprint density at radius 2 is 1.96 bits per heavy atom. The van der Waals surface area contributed by atoms with Crippen LogP contribution in [0.25, 0.3) is 0 Å². The number of carbonyl (C=O) groups is 2. The maximum absolute atomic E-state index is 12.9. The van der Waals surface area contributed by atoms with Gasteiger partial charge in [0.05, 0.1) is 11.6 Å². The molecular formula is C19H19F3N4O2. The zero-order chi connectivity index (χ0) is 20.3. The van der Waals surface area contributed by atoms with Crippen LogP contribution in [-0.2, 0) is 11.0 Å². The van der Waals surface area contributed by atoms with Gasteiger partial charge < -0.3 is 5.32 Å². The van der Waals surface area contributed by atoms with Crippen LogP contribution in [0.2, 0.25) is 0 Å². The quantitative estimate of drug-likeness (QED) is 0.812. The third-order valence-electron chi connectivity index (χ3n) is 4.66. The molecule has 0 bridgehead atoms. The van der Waals surface area contributed by atoms with Crippen LogP contribution in [0.1, 0.15) is 53.8 Å². The van der Waals surface area contributed by atoms with E-state index < -0.39 is 23.7 Å². The first kappa shape index (κ1) is 19.8. The van der Waals surface area contributed by atoms with Crippen LogP contribution in [0.5, 0.6) is 0 Å². The molecule has 1 atom stereocenters. The van der Waals surface area contributed by atoms with Crippen molar-refractivity contribution < 1.29 is 22.8 Å². The van der Waals surface area contributed by atoms with Gasteiger partial charge in [0.25, 0.3) is 5.91 Å². The molecule has 0 radical (unpaired) electrons. The second-order valence-corrected chi connectivity index (χ2v) is 6.70. The summed E-state index contributed by atoms with van der Waals surface area (Å²) in [6.45, 7) is 1.58. The zero-order valence-corrected chi connectivity index (χ0v) is 15.1. The van der Waals surface area contributed by atoms with Gasteiger partial charge in [-0.25, -0.2) is 9.97 Å². The second kappa shape index (κ2) is 7.95. The standard InChI is InChI=1S/C19H19F3N4O2/c1-11(13-6-3-7-14(10-13)19(20,21)22)24-17(28)15-8-9-23-18(25-15)26-16(27)12-4-2-5-12/h3,6-12H,2,4-5H2,1H3,(H,24,28)(H,23,25,26,27). The largest absolute Gasteiger partial charge is 0.416 e. The Labute approximate surface area is 159 Å². The Morgan fingerprint density at radius 3 is 2.61 bits per heavy atom. The summed E-state index contributed by atoms with van der Waals surface area (Å²) >= 11 is 0. The molecule has 6 nitrogen and oxygen atoms in total. The molecule has 1 heterocycles. The van der Waals surface area contributed by atoms with Crippen LogP contribution in [0.4, 0.5) is 19.1 Å². The summed E-state index contributed by atoms with van der Waals surface area (Å²) < 4.78 is 38.6. The summed E-state index contributed by atoms with van der Waals surface area (Å²) in [5.41, 5.74) is -0.456. The fourth-order valence-corrected chi connectivity index (χ4v) is 2.77. The number of hydrogen-bond acceptors (Lipinski definition) is 4. The van der Waals surface area contributed by atoms with E-state index in [9.17, 15) is 22.8 Å². The monoisotopic (exact) mass is 392 g/mol. The van der Waals surface area contributed by atoms with Crippen molar-refractivity contribution in [1.29, 1.82) is 0 Å². The smallest absolute Gasteiger partial charge is 0.344 e. The minimum atomic E-state index is -4.46. The molecule has 1 aliphatic rings. The Balaban J connectivity index is 1.67. The normalized spacial score (nSPS) is 15.4. The van der Waals surface area contributed by atoms with Gasteiger partial charge in [0.15, 0.2) is 0 Å². The van der Waals surface area contributed by atoms with E-state index in [4.69, 9.17) is 0 Å². The van der Waals surface area contributed by atoms with E-state index in [2.05, 4.69) is 20.6 Å². The van der Waals surface area contributed by atoms with Crippen molar-refractivity contribution in [3.8, 4) is 0 Å². The highest BCUT2D eigenvalue weighted by molar-refractivity contribution is 5.94. The number of benzene rings is 1. The van der Waals surface area contributed by atoms with E-state index in [1.807, 2.05) is 0 Å². The van der Waals surface area contributed by atoms with Crippen LogP contribution in [0, 0.1) is 5.92 Å². The lowest BCUT2D eigenvalue weighted by Gasteiger charge is -2.23. The number of nitrogens with one attached hydrogen (secondary N) is 2. The first-order chi connectivity index (χ1) is 13.2. The van der Waals surface area contributed by atoms with Crippen molar-refractivity contribution >= 4 is 17.8 Å². The van der Waals surface area contributed by atoms with E-state index in [1.165, 1.54) is 24.4 Å². The molecule has 28 heavy (non-hydrogen) atoms. The minimum absolute atomic E-state index is 0.0118. The van der Waals surface area contributed by atoms with E-state index >= 15 is 0 Å². The van der Waals surface area contributed by atoms with Gasteiger partial charge in [-0.3, -0.25) is 14.9 Å². The number of anilines is 1. The van der Waals surface area contributed by atoms with Crippen LogP contribution in [-0.4, -0.2) is 21.8 Å². The number of aromatic nitrogens is 2. The lowest BCUT2D eigenvalue weighted by Crippen LogP contribution is -2.30. The van der Waals surface area contributed by atoms with Gasteiger partial charge in [-0.05, 0) is 43.5 Å². The lowest BCUT2D eigenvalue weighted by molar-refractivity contribution is -0.137. The van der Waals surface area contributed by atoms with Gasteiger partial charge in [-0.2, -0.15) is 13.2 Å². The van der Waals surface area contributed by atoms with Crippen molar-refractivity contribution in [1.82, 2.24) is 15.3 Å². The van der Waals surface area contributed by atoms with Crippen molar-refractivity contribution in [3.05, 3.63) is 53.3 Å². The van der Waals surface area contributed by atoms with Gasteiger partial charge in [-0.15, -0.1) is 0 Å². The summed E-state index contributed by atoms with van der Waals surface area (Å²) in [6.07, 6.45) is -0.469. The molecule has 1 aromatic heterocycles. The summed E-state index contributed by atoms with van der Waals surface area (Å²) in [5, 5.41) is 5.19. The predicted molar refractivity (Wildman–Crippen MR) is 95.3 cm³/mol. The molecule has 2 N–H and O–H groups in total. The lowest BCUT2D eigenvalue weighted by atomic mass is 9.85. The molecule has 1 aromatic carbocycles. The zero-order valence-electron chi connectivity index (χ0n) is 15.1. The number of rotatable bonds is 5. The topological polar surface area (TPSA) is 84.0 Å². The molecule has 0 spiro atoms. The molecule has 148 valence electrons. The van der Waals surface area contributed by atoms with Gasteiger partial charge in [-0.1, -0.05) is 18.6 Å². The molecule has 1 fully saturated rings. The van der Waals surface area contributed by atoms with Crippen LogP contribution in [0.3, 0.4) is 0 Å². The third kappa shape index (κ3) is 4.65. The van der Waals surface area contributed by atoms with E-state index in [0.29, 0.717) is 5.56 Å². The van der Waals surface area contributed by atoms with Crippen molar-refractivity contribution in [2.24, 2.45) is 5.92 Å². The van der Waals surface area contributed by atoms with E-state index in [1.54, 1.807) is 6.92 Å². The predicted octanol–water partition coefficient (Wildman–Crippen LogP) is 3.73. The van der Waals surface area contributed by atoms with E-state index in [0.717, 1.165) is 31.4 Å². The number of halogens is 3. The first-order valence-electron chi connectivity index (χ1n) is 8.86.